The van der Waals surface area contributed by atoms with Crippen molar-refractivity contribution < 1.29 is 19.1 Å². The number of piperazine rings is 1. The van der Waals surface area contributed by atoms with Crippen LogP contribution < -0.4 is 15.8 Å². The van der Waals surface area contributed by atoms with E-state index in [0.29, 0.717) is 29.6 Å². The van der Waals surface area contributed by atoms with Crippen LogP contribution in [0.15, 0.2) is 64.4 Å². The lowest BCUT2D eigenvalue weighted by molar-refractivity contribution is -0.145. The number of rotatable bonds is 7. The summed E-state index contributed by atoms with van der Waals surface area (Å²) in [5, 5.41) is 2.77. The number of hydrogen-bond donors (Lipinski definition) is 1. The number of esters is 1. The molecule has 0 unspecified atom stereocenters. The van der Waals surface area contributed by atoms with Crippen LogP contribution >= 0.6 is 24.0 Å². The zero-order valence-electron chi connectivity index (χ0n) is 21.0. The molecule has 39 heavy (non-hydrogen) atoms. The molecule has 0 bridgehead atoms. The molecule has 1 N–H and O–H groups in total. The van der Waals surface area contributed by atoms with Gasteiger partial charge in [0.05, 0.1) is 30.0 Å². The van der Waals surface area contributed by atoms with Crippen LogP contribution in [0.2, 0.25) is 0 Å². The molecule has 2 fully saturated rings. The first-order chi connectivity index (χ1) is 18.9. The van der Waals surface area contributed by atoms with Gasteiger partial charge in [-0.05, 0) is 30.7 Å². The van der Waals surface area contributed by atoms with Crippen molar-refractivity contribution in [2.24, 2.45) is 0 Å². The van der Waals surface area contributed by atoms with Crippen LogP contribution in [-0.4, -0.2) is 62.1 Å². The second kappa shape index (κ2) is 11.4. The van der Waals surface area contributed by atoms with Gasteiger partial charge in [0.25, 0.3) is 11.5 Å². The van der Waals surface area contributed by atoms with Gasteiger partial charge in [-0.2, -0.15) is 0 Å². The Hall–Kier alpha value is -4.03. The Bertz CT molecular complexity index is 1560. The summed E-state index contributed by atoms with van der Waals surface area (Å²) in [5.74, 6) is -1.02. The number of benzene rings is 1. The molecule has 3 aromatic rings. The maximum Gasteiger partial charge on any atom is 0.308 e. The third kappa shape index (κ3) is 5.43. The minimum atomic E-state index is -0.935. The molecule has 10 nitrogen and oxygen atoms in total. The van der Waals surface area contributed by atoms with E-state index < -0.39 is 17.6 Å². The summed E-state index contributed by atoms with van der Waals surface area (Å²) in [6.07, 6.45) is 2.86. The van der Waals surface area contributed by atoms with Crippen LogP contribution in [0.3, 0.4) is 0 Å². The van der Waals surface area contributed by atoms with Gasteiger partial charge >= 0.3 is 5.97 Å². The summed E-state index contributed by atoms with van der Waals surface area (Å²) < 4.78 is 6.84. The predicted molar refractivity (Wildman–Crippen MR) is 152 cm³/mol. The largest absolute Gasteiger partial charge is 0.466 e. The number of nitrogens with zero attached hydrogens (tertiary/aromatic N) is 4. The lowest BCUT2D eigenvalue weighted by atomic mass is 10.1. The molecule has 2 aliphatic rings. The number of carbonyl (C=O) groups excluding carboxylic acids is 3. The Morgan fingerprint density at radius 1 is 1.18 bits per heavy atom. The molecular weight excluding hydrogens is 538 g/mol. The number of hydrogen-bond acceptors (Lipinski definition) is 9. The van der Waals surface area contributed by atoms with Gasteiger partial charge in [-0.3, -0.25) is 28.5 Å². The van der Waals surface area contributed by atoms with Crippen molar-refractivity contribution in [2.45, 2.75) is 25.9 Å². The van der Waals surface area contributed by atoms with Crippen LogP contribution in [0.5, 0.6) is 0 Å². The van der Waals surface area contributed by atoms with Crippen LogP contribution in [0.4, 0.5) is 5.82 Å². The minimum Gasteiger partial charge on any atom is -0.466 e. The molecule has 1 aromatic carbocycles. The topological polar surface area (TPSA) is 113 Å². The highest BCUT2D eigenvalue weighted by atomic mass is 32.2. The molecule has 2 saturated heterocycles. The maximum absolute atomic E-state index is 13.7. The van der Waals surface area contributed by atoms with Crippen molar-refractivity contribution in [1.82, 2.24) is 19.6 Å². The Labute approximate surface area is 233 Å². The van der Waals surface area contributed by atoms with Crippen LogP contribution in [0, 0.1) is 0 Å². The van der Waals surface area contributed by atoms with Crippen molar-refractivity contribution in [2.75, 3.05) is 24.6 Å². The number of pyridine rings is 1. The van der Waals surface area contributed by atoms with Crippen molar-refractivity contribution in [3.8, 4) is 0 Å². The molecule has 2 aliphatic heterocycles. The first-order valence-corrected chi connectivity index (χ1v) is 13.6. The Morgan fingerprint density at radius 2 is 1.95 bits per heavy atom. The number of aromatic nitrogens is 2. The fraction of sp³-hybridized carbons (Fsp3) is 0.259. The van der Waals surface area contributed by atoms with E-state index in [2.05, 4.69) is 5.32 Å². The monoisotopic (exact) mass is 563 g/mol. The predicted octanol–water partition coefficient (Wildman–Crippen LogP) is 2.35. The average Bonchev–Trinajstić information content (AvgIpc) is 3.19. The molecule has 0 spiro atoms. The third-order valence-corrected chi connectivity index (χ3v) is 7.73. The van der Waals surface area contributed by atoms with Crippen LogP contribution in [-0.2, 0) is 25.7 Å². The van der Waals surface area contributed by atoms with Gasteiger partial charge in [-0.1, -0.05) is 60.4 Å². The summed E-state index contributed by atoms with van der Waals surface area (Å²) >= 11 is 6.60. The van der Waals surface area contributed by atoms with E-state index in [1.54, 1.807) is 36.2 Å². The average molecular weight is 564 g/mol. The van der Waals surface area contributed by atoms with E-state index in [1.807, 2.05) is 30.3 Å². The molecule has 0 radical (unpaired) electrons. The third-order valence-electron chi connectivity index (χ3n) is 6.35. The first-order valence-electron chi connectivity index (χ1n) is 12.4. The van der Waals surface area contributed by atoms with Crippen LogP contribution in [0.1, 0.15) is 24.5 Å². The second-order valence-corrected chi connectivity index (χ2v) is 10.5. The molecule has 0 aliphatic carbocycles. The minimum absolute atomic E-state index is 0.127. The van der Waals surface area contributed by atoms with Crippen molar-refractivity contribution >= 4 is 63.6 Å². The lowest BCUT2D eigenvalue weighted by Crippen LogP contribution is -2.57. The summed E-state index contributed by atoms with van der Waals surface area (Å²) in [6.45, 7) is 2.78. The number of anilines is 1. The first kappa shape index (κ1) is 26.6. The standard InChI is InChI=1S/C27H25N5O5S2/c1-2-37-22(33)15-19-24(34)28-11-13-30(19)23-18(25(35)31-12-7-6-10-21(31)29-23)14-20-26(36)32(27(38)39-20)16-17-8-4-3-5-9-17/h3-10,12,14,19H,2,11,13,15-16H2,1H3,(H,28,34)/b20-14-/t19-/m1/s1. The van der Waals surface area contributed by atoms with Gasteiger partial charge in [-0.25, -0.2) is 4.98 Å². The highest BCUT2D eigenvalue weighted by Gasteiger charge is 2.36. The number of thioether (sulfide) groups is 1. The van der Waals surface area contributed by atoms with E-state index in [4.69, 9.17) is 21.9 Å². The van der Waals surface area contributed by atoms with Gasteiger partial charge in [0.15, 0.2) is 0 Å². The second-order valence-electron chi connectivity index (χ2n) is 8.85. The Balaban J connectivity index is 1.59. The molecule has 2 aromatic heterocycles. The highest BCUT2D eigenvalue weighted by Crippen LogP contribution is 2.35. The molecule has 200 valence electrons. The van der Waals surface area contributed by atoms with Gasteiger partial charge in [-0.15, -0.1) is 0 Å². The van der Waals surface area contributed by atoms with E-state index in [0.717, 1.165) is 17.3 Å². The number of carbonyl (C=O) groups is 3. The van der Waals surface area contributed by atoms with Gasteiger partial charge < -0.3 is 15.0 Å². The number of nitrogens with one attached hydrogen (secondary N) is 1. The normalized spacial score (nSPS) is 18.6. The molecule has 1 atom stereocenters. The molecule has 2 amide bonds. The molecule has 5 rings (SSSR count). The van der Waals surface area contributed by atoms with Gasteiger partial charge in [0, 0.05) is 19.3 Å². The maximum atomic E-state index is 13.7. The fourth-order valence-corrected chi connectivity index (χ4v) is 5.76. The smallest absolute Gasteiger partial charge is 0.308 e. The summed E-state index contributed by atoms with van der Waals surface area (Å²) in [6, 6.07) is 13.7. The van der Waals surface area contributed by atoms with E-state index in [1.165, 1.54) is 15.4 Å². The van der Waals surface area contributed by atoms with Crippen molar-refractivity contribution in [1.29, 1.82) is 0 Å². The SMILES string of the molecule is CCOC(=O)C[C@@H]1C(=O)NCCN1c1nc2ccccn2c(=O)c1/C=C1\SC(=S)N(Cc2ccccc2)C1=O. The number of amides is 2. The fourth-order valence-electron chi connectivity index (χ4n) is 4.52. The van der Waals surface area contributed by atoms with Crippen molar-refractivity contribution in [3.05, 3.63) is 81.1 Å². The zero-order chi connectivity index (χ0) is 27.5. The number of thiocarbonyl (C=S) groups is 1. The highest BCUT2D eigenvalue weighted by molar-refractivity contribution is 8.26. The molecule has 4 heterocycles. The molecule has 0 saturated carbocycles. The lowest BCUT2D eigenvalue weighted by Gasteiger charge is -2.36. The quantitative estimate of drug-likeness (QED) is 0.263. The number of ether oxygens (including phenoxy) is 1. The summed E-state index contributed by atoms with van der Waals surface area (Å²) in [4.78, 5) is 60.5. The van der Waals surface area contributed by atoms with Crippen molar-refractivity contribution in [3.63, 3.8) is 0 Å². The molecule has 12 heteroatoms. The van der Waals surface area contributed by atoms with Gasteiger partial charge in [0.2, 0.25) is 5.91 Å². The van der Waals surface area contributed by atoms with E-state index >= 15 is 0 Å². The van der Waals surface area contributed by atoms with Crippen LogP contribution in [0.25, 0.3) is 11.7 Å². The Morgan fingerprint density at radius 3 is 2.72 bits per heavy atom. The van der Waals surface area contributed by atoms with Gasteiger partial charge in [0.1, 0.15) is 21.8 Å². The van der Waals surface area contributed by atoms with E-state index in [9.17, 15) is 19.2 Å². The summed E-state index contributed by atoms with van der Waals surface area (Å²) in [5.41, 5.74) is 1.00. The Kier molecular flexibility index (Phi) is 7.75. The van der Waals surface area contributed by atoms with E-state index in [-0.39, 0.29) is 41.1 Å². The summed E-state index contributed by atoms with van der Waals surface area (Å²) in [7, 11) is 0. The molecular formula is C27H25N5O5S2. The zero-order valence-corrected chi connectivity index (χ0v) is 22.7. The number of fused-ring (bicyclic) bond motifs is 1.